The van der Waals surface area contributed by atoms with Crippen molar-refractivity contribution in [3.8, 4) is 0 Å². The van der Waals surface area contributed by atoms with Gasteiger partial charge in [0.2, 0.25) is 0 Å². The van der Waals surface area contributed by atoms with Crippen LogP contribution in [0.4, 0.5) is 22.9 Å². The molecular weight excluding hydrogens is 260 g/mol. The number of nitrogens with two attached hydrogens (primary N) is 1. The van der Waals surface area contributed by atoms with Crippen molar-refractivity contribution in [1.29, 1.82) is 0 Å². The van der Waals surface area contributed by atoms with Gasteiger partial charge in [-0.15, -0.1) is 0 Å². The summed E-state index contributed by atoms with van der Waals surface area (Å²) >= 11 is 0. The van der Waals surface area contributed by atoms with Crippen LogP contribution in [-0.4, -0.2) is 19.1 Å². The number of anilines is 4. The Kier molecular flexibility index (Phi) is 3.36. The topological polar surface area (TPSA) is 54.2 Å². The van der Waals surface area contributed by atoms with Crippen LogP contribution in [0.3, 0.4) is 0 Å². The van der Waals surface area contributed by atoms with E-state index in [1.54, 1.807) is 6.20 Å². The number of aromatic nitrogens is 1. The smallest absolute Gasteiger partial charge is 0.138 e. The van der Waals surface area contributed by atoms with Crippen molar-refractivity contribution in [2.45, 2.75) is 0 Å². The lowest BCUT2D eigenvalue weighted by Crippen LogP contribution is -2.08. The third-order valence-electron chi connectivity index (χ3n) is 3.43. The van der Waals surface area contributed by atoms with Gasteiger partial charge in [-0.3, -0.25) is 0 Å². The molecule has 0 fully saturated rings. The molecule has 3 aromatic rings. The zero-order valence-corrected chi connectivity index (χ0v) is 12.2. The summed E-state index contributed by atoms with van der Waals surface area (Å²) in [5.41, 5.74) is 8.76. The molecule has 3 N–H and O–H groups in total. The summed E-state index contributed by atoms with van der Waals surface area (Å²) in [6, 6.07) is 16.1. The zero-order valence-electron chi connectivity index (χ0n) is 12.2. The van der Waals surface area contributed by atoms with Crippen molar-refractivity contribution >= 4 is 33.7 Å². The van der Waals surface area contributed by atoms with E-state index in [4.69, 9.17) is 5.73 Å². The van der Waals surface area contributed by atoms with Crippen molar-refractivity contribution in [2.75, 3.05) is 30.0 Å². The number of pyridine rings is 1. The Bertz CT molecular complexity index is 763. The lowest BCUT2D eigenvalue weighted by atomic mass is 10.1. The molecule has 0 amide bonds. The number of nitrogens with zero attached hydrogens (tertiary/aromatic N) is 2. The van der Waals surface area contributed by atoms with Gasteiger partial charge in [0.05, 0.1) is 0 Å². The van der Waals surface area contributed by atoms with Crippen LogP contribution in [0.1, 0.15) is 0 Å². The number of nitrogen functional groups attached to an aromatic ring is 1. The fourth-order valence-electron chi connectivity index (χ4n) is 2.28. The molecule has 3 rings (SSSR count). The van der Waals surface area contributed by atoms with Gasteiger partial charge in [-0.25, -0.2) is 4.98 Å². The van der Waals surface area contributed by atoms with Gasteiger partial charge in [-0.2, -0.15) is 0 Å². The molecule has 21 heavy (non-hydrogen) atoms. The summed E-state index contributed by atoms with van der Waals surface area (Å²) in [6.07, 6.45) is 1.79. The van der Waals surface area contributed by atoms with Crippen molar-refractivity contribution in [3.05, 3.63) is 54.7 Å². The van der Waals surface area contributed by atoms with E-state index in [-0.39, 0.29) is 0 Å². The Hall–Kier alpha value is -2.75. The number of rotatable bonds is 3. The van der Waals surface area contributed by atoms with Crippen LogP contribution in [0, 0.1) is 0 Å². The number of hydrogen-bond donors (Lipinski definition) is 2. The molecular formula is C17H18N4. The maximum atomic E-state index is 5.83. The molecule has 4 nitrogen and oxygen atoms in total. The Balaban J connectivity index is 1.94. The van der Waals surface area contributed by atoms with E-state index in [1.807, 2.05) is 50.5 Å². The first-order chi connectivity index (χ1) is 10.1. The van der Waals surface area contributed by atoms with Crippen molar-refractivity contribution in [3.63, 3.8) is 0 Å². The molecule has 1 heterocycles. The molecule has 1 aromatic heterocycles. The summed E-state index contributed by atoms with van der Waals surface area (Å²) in [7, 11) is 4.05. The normalized spacial score (nSPS) is 10.6. The summed E-state index contributed by atoms with van der Waals surface area (Å²) in [6.45, 7) is 0. The zero-order chi connectivity index (χ0) is 14.8. The highest BCUT2D eigenvalue weighted by Crippen LogP contribution is 2.26. The molecule has 0 aliphatic rings. The lowest BCUT2D eigenvalue weighted by molar-refractivity contribution is 1.13. The lowest BCUT2D eigenvalue weighted by Gasteiger charge is -2.14. The van der Waals surface area contributed by atoms with Crippen molar-refractivity contribution in [2.24, 2.45) is 0 Å². The molecule has 0 aliphatic carbocycles. The van der Waals surface area contributed by atoms with Gasteiger partial charge >= 0.3 is 0 Å². The Morgan fingerprint density at radius 3 is 2.48 bits per heavy atom. The monoisotopic (exact) mass is 278 g/mol. The summed E-state index contributed by atoms with van der Waals surface area (Å²) in [4.78, 5) is 6.50. The quantitative estimate of drug-likeness (QED) is 0.718. The SMILES string of the molecule is CN(C)c1ccc(Nc2nccc3cc(N)ccc23)cc1. The van der Waals surface area contributed by atoms with E-state index in [0.29, 0.717) is 0 Å². The van der Waals surface area contributed by atoms with Crippen LogP contribution in [0.5, 0.6) is 0 Å². The maximum absolute atomic E-state index is 5.83. The molecule has 4 heteroatoms. The average molecular weight is 278 g/mol. The highest BCUT2D eigenvalue weighted by atomic mass is 15.1. The third-order valence-corrected chi connectivity index (χ3v) is 3.43. The van der Waals surface area contributed by atoms with Gasteiger partial charge in [0, 0.05) is 42.7 Å². The van der Waals surface area contributed by atoms with Gasteiger partial charge in [-0.05, 0) is 53.9 Å². The summed E-state index contributed by atoms with van der Waals surface area (Å²) in [5, 5.41) is 5.50. The minimum absolute atomic E-state index is 0.759. The van der Waals surface area contributed by atoms with E-state index in [0.717, 1.165) is 28.0 Å². The fraction of sp³-hybridized carbons (Fsp3) is 0.118. The Morgan fingerprint density at radius 2 is 1.76 bits per heavy atom. The first kappa shape index (κ1) is 13.2. The van der Waals surface area contributed by atoms with Gasteiger partial charge in [0.25, 0.3) is 0 Å². The molecule has 106 valence electrons. The second kappa shape index (κ2) is 5.32. The van der Waals surface area contributed by atoms with E-state index in [9.17, 15) is 0 Å². The molecule has 0 atom stereocenters. The van der Waals surface area contributed by atoms with E-state index in [1.165, 1.54) is 5.69 Å². The molecule has 0 radical (unpaired) electrons. The third kappa shape index (κ3) is 2.74. The van der Waals surface area contributed by atoms with Gasteiger partial charge in [0.1, 0.15) is 5.82 Å². The van der Waals surface area contributed by atoms with Gasteiger partial charge in [-0.1, -0.05) is 0 Å². The molecule has 2 aromatic carbocycles. The molecule has 0 unspecified atom stereocenters. The molecule has 0 bridgehead atoms. The van der Waals surface area contributed by atoms with E-state index < -0.39 is 0 Å². The minimum Gasteiger partial charge on any atom is -0.399 e. The van der Waals surface area contributed by atoms with Crippen LogP contribution >= 0.6 is 0 Å². The Morgan fingerprint density at radius 1 is 1.00 bits per heavy atom. The van der Waals surface area contributed by atoms with Crippen LogP contribution in [0.15, 0.2) is 54.7 Å². The van der Waals surface area contributed by atoms with E-state index in [2.05, 4.69) is 27.3 Å². The second-order valence-electron chi connectivity index (χ2n) is 5.21. The first-order valence-corrected chi connectivity index (χ1v) is 6.82. The van der Waals surface area contributed by atoms with Gasteiger partial charge < -0.3 is 16.0 Å². The molecule has 0 saturated carbocycles. The van der Waals surface area contributed by atoms with Gasteiger partial charge in [0.15, 0.2) is 0 Å². The predicted octanol–water partition coefficient (Wildman–Crippen LogP) is 3.63. The molecule has 0 spiro atoms. The second-order valence-corrected chi connectivity index (χ2v) is 5.21. The standard InChI is InChI=1S/C17H18N4/c1-21(2)15-6-4-14(5-7-15)20-17-16-8-3-13(18)11-12(16)9-10-19-17/h3-11H,18H2,1-2H3,(H,19,20). The largest absolute Gasteiger partial charge is 0.399 e. The maximum Gasteiger partial charge on any atom is 0.138 e. The molecule has 0 aliphatic heterocycles. The number of nitrogens with one attached hydrogen (secondary N) is 1. The van der Waals surface area contributed by atoms with Crippen LogP contribution in [0.2, 0.25) is 0 Å². The minimum atomic E-state index is 0.759. The average Bonchev–Trinajstić information content (AvgIpc) is 2.47. The van der Waals surface area contributed by atoms with E-state index >= 15 is 0 Å². The van der Waals surface area contributed by atoms with Crippen LogP contribution in [0.25, 0.3) is 10.8 Å². The highest BCUT2D eigenvalue weighted by molar-refractivity contribution is 5.94. The van der Waals surface area contributed by atoms with Crippen molar-refractivity contribution in [1.82, 2.24) is 4.98 Å². The first-order valence-electron chi connectivity index (χ1n) is 6.82. The number of benzene rings is 2. The molecule has 0 saturated heterocycles. The highest BCUT2D eigenvalue weighted by Gasteiger charge is 2.03. The summed E-state index contributed by atoms with van der Waals surface area (Å²) < 4.78 is 0. The number of fused-ring (bicyclic) bond motifs is 1. The summed E-state index contributed by atoms with van der Waals surface area (Å²) in [5.74, 6) is 0.838. The fourth-order valence-corrected chi connectivity index (χ4v) is 2.28. The van der Waals surface area contributed by atoms with Crippen LogP contribution < -0.4 is 16.0 Å². The number of hydrogen-bond acceptors (Lipinski definition) is 4. The Labute approximate surface area is 124 Å². The van der Waals surface area contributed by atoms with Crippen LogP contribution in [-0.2, 0) is 0 Å². The predicted molar refractivity (Wildman–Crippen MR) is 90.2 cm³/mol. The van der Waals surface area contributed by atoms with Crippen molar-refractivity contribution < 1.29 is 0 Å².